The van der Waals surface area contributed by atoms with E-state index in [2.05, 4.69) is 9.53 Å². The van der Waals surface area contributed by atoms with Crippen LogP contribution in [0, 0.1) is 0 Å². The predicted octanol–water partition coefficient (Wildman–Crippen LogP) is 4.75. The van der Waals surface area contributed by atoms with Gasteiger partial charge in [0.05, 0.1) is 5.41 Å². The Kier molecular flexibility index (Phi) is 6.37. The second-order valence-electron chi connectivity index (χ2n) is 6.93. The van der Waals surface area contributed by atoms with Gasteiger partial charge < -0.3 is 9.94 Å². The van der Waals surface area contributed by atoms with E-state index in [1.54, 1.807) is 6.92 Å². The molecule has 0 fully saturated rings. The Balaban J connectivity index is 2.02. The van der Waals surface area contributed by atoms with Crippen LogP contribution in [0.2, 0.25) is 0 Å². The van der Waals surface area contributed by atoms with Crippen LogP contribution in [-0.2, 0) is 15.0 Å². The highest BCUT2D eigenvalue weighted by atomic mass is 32.1. The fraction of sp³-hybridized carbons (Fsp3) is 0.120. The van der Waals surface area contributed by atoms with E-state index in [9.17, 15) is 9.90 Å². The zero-order chi connectivity index (χ0) is 22.4. The Morgan fingerprint density at radius 3 is 1.78 bits per heavy atom. The van der Waals surface area contributed by atoms with Crippen LogP contribution < -0.4 is 0 Å². The van der Waals surface area contributed by atoms with Crippen molar-refractivity contribution in [2.45, 2.75) is 12.3 Å². The molecule has 0 atom stereocenters. The molecule has 32 heavy (non-hydrogen) atoms. The Bertz CT molecular complexity index is 1110. The molecule has 0 aliphatic heterocycles. The smallest absolute Gasteiger partial charge is 0.362 e. The average Bonchev–Trinajstić information content (AvgIpc) is 3.32. The van der Waals surface area contributed by atoms with Gasteiger partial charge in [-0.15, -0.1) is 0 Å². The van der Waals surface area contributed by atoms with Crippen LogP contribution in [0.5, 0.6) is 0 Å². The zero-order valence-electron chi connectivity index (χ0n) is 17.4. The van der Waals surface area contributed by atoms with Gasteiger partial charge in [-0.2, -0.15) is 4.37 Å². The summed E-state index contributed by atoms with van der Waals surface area (Å²) in [5.74, 6) is -1.22. The minimum Gasteiger partial charge on any atom is -0.476 e. The summed E-state index contributed by atoms with van der Waals surface area (Å²) in [7, 11) is 0. The highest BCUT2D eigenvalue weighted by Crippen LogP contribution is 2.45. The zero-order valence-corrected chi connectivity index (χ0v) is 18.2. The second-order valence-corrected chi connectivity index (χ2v) is 7.69. The molecule has 0 aliphatic carbocycles. The molecule has 4 rings (SSSR count). The molecular formula is C25H21N3O3S. The molecule has 0 spiro atoms. The van der Waals surface area contributed by atoms with Crippen LogP contribution in [-0.4, -0.2) is 32.8 Å². The van der Waals surface area contributed by atoms with Crippen LogP contribution in [0.15, 0.2) is 96.2 Å². The van der Waals surface area contributed by atoms with Crippen molar-refractivity contribution in [3.05, 3.63) is 119 Å². The molecule has 6 nitrogen and oxygen atoms in total. The first-order valence-electron chi connectivity index (χ1n) is 10.1. The van der Waals surface area contributed by atoms with Crippen molar-refractivity contribution < 1.29 is 14.7 Å². The number of nitrogens with zero attached hydrogens (tertiary/aromatic N) is 3. The average molecular weight is 444 g/mol. The lowest BCUT2D eigenvalue weighted by molar-refractivity contribution is -0.129. The summed E-state index contributed by atoms with van der Waals surface area (Å²) in [5, 5.41) is 14.0. The van der Waals surface area contributed by atoms with E-state index < -0.39 is 11.4 Å². The van der Waals surface area contributed by atoms with Gasteiger partial charge in [-0.1, -0.05) is 96.2 Å². The summed E-state index contributed by atoms with van der Waals surface area (Å²) in [6, 6.07) is 30.1. The molecule has 4 aromatic rings. The molecule has 0 aliphatic rings. The van der Waals surface area contributed by atoms with E-state index in [4.69, 9.17) is 9.82 Å². The molecule has 0 saturated carbocycles. The lowest BCUT2D eigenvalue weighted by Gasteiger charge is -2.33. The molecule has 3 aromatic carbocycles. The lowest BCUT2D eigenvalue weighted by Crippen LogP contribution is -2.31. The summed E-state index contributed by atoms with van der Waals surface area (Å²) in [6.45, 7) is 1.98. The summed E-state index contributed by atoms with van der Waals surface area (Å²) < 4.78 is 4.37. The number of carbonyl (C=O) groups is 1. The Hall–Kier alpha value is -3.84. The topological polar surface area (TPSA) is 84.7 Å². The molecule has 1 N–H and O–H groups in total. The monoisotopic (exact) mass is 443 g/mol. The maximum Gasteiger partial charge on any atom is 0.362 e. The highest BCUT2D eigenvalue weighted by Gasteiger charge is 2.42. The summed E-state index contributed by atoms with van der Waals surface area (Å²) in [4.78, 5) is 21.5. The molecular weight excluding hydrogens is 422 g/mol. The fourth-order valence-electron chi connectivity index (χ4n) is 3.71. The van der Waals surface area contributed by atoms with Crippen molar-refractivity contribution in [3.8, 4) is 0 Å². The minimum atomic E-state index is -1.24. The summed E-state index contributed by atoms with van der Waals surface area (Å²) in [5.41, 5.74) is 1.89. The van der Waals surface area contributed by atoms with E-state index >= 15 is 0 Å². The summed E-state index contributed by atoms with van der Waals surface area (Å²) in [6.07, 6.45) is 0. The molecule has 0 saturated heterocycles. The lowest BCUT2D eigenvalue weighted by atomic mass is 9.70. The van der Waals surface area contributed by atoms with E-state index in [0.29, 0.717) is 5.01 Å². The number of carboxylic acid groups (broad SMARTS) is 1. The van der Waals surface area contributed by atoms with Gasteiger partial charge in [0, 0.05) is 0 Å². The Morgan fingerprint density at radius 1 is 0.906 bits per heavy atom. The molecule has 0 radical (unpaired) electrons. The van der Waals surface area contributed by atoms with Gasteiger partial charge in [0.15, 0.2) is 0 Å². The number of carboxylic acids is 1. The number of oxime groups is 1. The van der Waals surface area contributed by atoms with Crippen LogP contribution in [0.3, 0.4) is 0 Å². The Labute approximate surface area is 190 Å². The van der Waals surface area contributed by atoms with Gasteiger partial charge in [0.2, 0.25) is 11.5 Å². The first-order valence-corrected chi connectivity index (χ1v) is 10.9. The second kappa shape index (κ2) is 9.53. The quantitative estimate of drug-likeness (QED) is 0.241. The van der Waals surface area contributed by atoms with Gasteiger partial charge in [-0.05, 0) is 35.1 Å². The third-order valence-electron chi connectivity index (χ3n) is 5.07. The van der Waals surface area contributed by atoms with E-state index in [1.807, 2.05) is 91.0 Å². The van der Waals surface area contributed by atoms with Gasteiger partial charge in [0.1, 0.15) is 11.6 Å². The van der Waals surface area contributed by atoms with E-state index in [0.717, 1.165) is 28.2 Å². The molecule has 1 heterocycles. The predicted molar refractivity (Wildman–Crippen MR) is 124 cm³/mol. The maximum absolute atomic E-state index is 11.8. The van der Waals surface area contributed by atoms with Crippen LogP contribution in [0.4, 0.5) is 0 Å². The van der Waals surface area contributed by atoms with Crippen LogP contribution in [0.1, 0.15) is 34.4 Å². The molecule has 0 bridgehead atoms. The number of aliphatic carboxylic acids is 1. The van der Waals surface area contributed by atoms with E-state index in [-0.39, 0.29) is 18.1 Å². The number of rotatable bonds is 8. The molecule has 7 heteroatoms. The first-order chi connectivity index (χ1) is 15.7. The molecule has 0 unspecified atom stereocenters. The van der Waals surface area contributed by atoms with Crippen molar-refractivity contribution in [3.63, 3.8) is 0 Å². The van der Waals surface area contributed by atoms with Crippen molar-refractivity contribution in [1.29, 1.82) is 0 Å². The van der Waals surface area contributed by atoms with Gasteiger partial charge >= 0.3 is 5.97 Å². The third-order valence-corrected chi connectivity index (χ3v) is 5.90. The maximum atomic E-state index is 11.8. The van der Waals surface area contributed by atoms with Crippen LogP contribution >= 0.6 is 11.5 Å². The standard InChI is InChI=1S/C25H21N3O3S/c1-2-31-27-21(23(29)30)22-26-24(32-28-22)25(18-12-6-3-7-13-18,19-14-8-4-9-15-19)20-16-10-5-11-17-20/h3-17H,2H2,1H3,(H,29,30)/b27-21-. The van der Waals surface area contributed by atoms with Crippen molar-refractivity contribution in [2.24, 2.45) is 5.16 Å². The van der Waals surface area contributed by atoms with Crippen molar-refractivity contribution in [1.82, 2.24) is 9.36 Å². The number of aromatic nitrogens is 2. The van der Waals surface area contributed by atoms with E-state index in [1.165, 1.54) is 0 Å². The summed E-state index contributed by atoms with van der Waals surface area (Å²) >= 11 is 1.16. The van der Waals surface area contributed by atoms with Gasteiger partial charge in [-0.25, -0.2) is 9.78 Å². The fourth-order valence-corrected chi connectivity index (χ4v) is 4.63. The highest BCUT2D eigenvalue weighted by molar-refractivity contribution is 7.05. The molecule has 0 amide bonds. The largest absolute Gasteiger partial charge is 0.476 e. The number of hydrogen-bond donors (Lipinski definition) is 1. The van der Waals surface area contributed by atoms with Gasteiger partial charge in [0.25, 0.3) is 0 Å². The van der Waals surface area contributed by atoms with Crippen LogP contribution in [0.25, 0.3) is 0 Å². The van der Waals surface area contributed by atoms with Gasteiger partial charge in [-0.3, -0.25) is 0 Å². The Morgan fingerprint density at radius 2 is 1.38 bits per heavy atom. The number of hydrogen-bond acceptors (Lipinski definition) is 6. The molecule has 160 valence electrons. The third kappa shape index (κ3) is 3.90. The molecule has 1 aromatic heterocycles. The first kappa shape index (κ1) is 21.4. The van der Waals surface area contributed by atoms with Crippen molar-refractivity contribution in [2.75, 3.05) is 6.61 Å². The number of benzene rings is 3. The SMILES string of the molecule is CCO/N=C(\C(=O)O)c1nsc(C(c2ccccc2)(c2ccccc2)c2ccccc2)n1. The van der Waals surface area contributed by atoms with Crippen molar-refractivity contribution >= 4 is 23.2 Å². The minimum absolute atomic E-state index is 0.0260. The normalized spacial score (nSPS) is 11.8.